The minimum absolute atomic E-state index is 0.381. The Bertz CT molecular complexity index is 91.5. The lowest BCUT2D eigenvalue weighted by molar-refractivity contribution is 0.175. The minimum atomic E-state index is 0.381. The van der Waals surface area contributed by atoms with Crippen LogP contribution in [0.4, 0.5) is 0 Å². The van der Waals surface area contributed by atoms with Gasteiger partial charge in [0.2, 0.25) is 0 Å². The molecule has 0 unspecified atom stereocenters. The lowest BCUT2D eigenvalue weighted by Crippen LogP contribution is -2.45. The van der Waals surface area contributed by atoms with Gasteiger partial charge in [0.15, 0.2) is 0 Å². The van der Waals surface area contributed by atoms with Crippen LogP contribution in [0, 0.1) is 0 Å². The highest BCUT2D eigenvalue weighted by molar-refractivity contribution is 6.04. The van der Waals surface area contributed by atoms with Crippen LogP contribution in [0.3, 0.4) is 0 Å². The maximum atomic E-state index is 3.67. The fraction of sp³-hybridized carbons (Fsp3) is 1.00. The average Bonchev–Trinajstić information content (AvgIpc) is 2.08. The second kappa shape index (κ2) is 4.94. The highest BCUT2D eigenvalue weighted by atomic mass is 28.2. The molecule has 0 fully saturated rings. The molecule has 0 N–H and O–H groups in total. The van der Waals surface area contributed by atoms with Crippen molar-refractivity contribution < 1.29 is 0 Å². The maximum Gasteiger partial charge on any atom is 0.144 e. The zero-order valence-electron chi connectivity index (χ0n) is 8.28. The molecule has 0 spiro atoms. The van der Waals surface area contributed by atoms with Crippen LogP contribution >= 0.6 is 0 Å². The van der Waals surface area contributed by atoms with E-state index in [1.165, 1.54) is 19.3 Å². The Morgan fingerprint density at radius 3 is 1.45 bits per heavy atom. The molecule has 0 amide bonds. The summed E-state index contributed by atoms with van der Waals surface area (Å²) in [6, 6.07) is 0. The van der Waals surface area contributed by atoms with E-state index in [2.05, 4.69) is 42.7 Å². The van der Waals surface area contributed by atoms with Crippen LogP contribution in [-0.4, -0.2) is 27.1 Å². The van der Waals surface area contributed by atoms with E-state index in [9.17, 15) is 0 Å². The molecular weight excluding hydrogens is 150 g/mol. The predicted octanol–water partition coefficient (Wildman–Crippen LogP) is 2.36. The Balaban J connectivity index is 4.26. The zero-order chi connectivity index (χ0) is 8.91. The maximum absolute atomic E-state index is 3.67. The van der Waals surface area contributed by atoms with Crippen LogP contribution < -0.4 is 0 Å². The molecule has 0 aromatic rings. The van der Waals surface area contributed by atoms with E-state index in [-0.39, 0.29) is 0 Å². The molecule has 1 nitrogen and oxygen atoms in total. The van der Waals surface area contributed by atoms with Crippen LogP contribution in [0.5, 0.6) is 0 Å². The zero-order valence-corrected chi connectivity index (χ0v) is 9.28. The first-order valence-corrected chi connectivity index (χ1v) is 5.10. The Labute approximate surface area is 74.7 Å². The van der Waals surface area contributed by atoms with Crippen molar-refractivity contribution in [3.63, 3.8) is 0 Å². The van der Waals surface area contributed by atoms with E-state index < -0.39 is 0 Å². The topological polar surface area (TPSA) is 3.24 Å². The molecule has 0 aliphatic rings. The predicted molar refractivity (Wildman–Crippen MR) is 51.7 cm³/mol. The van der Waals surface area contributed by atoms with Crippen molar-refractivity contribution in [1.29, 1.82) is 0 Å². The summed E-state index contributed by atoms with van der Waals surface area (Å²) < 4.78 is 2.28. The van der Waals surface area contributed by atoms with Gasteiger partial charge in [-0.3, -0.25) is 0 Å². The lowest BCUT2D eigenvalue weighted by atomic mass is 9.90. The fourth-order valence-electron chi connectivity index (χ4n) is 1.66. The van der Waals surface area contributed by atoms with Crippen LogP contribution in [0.2, 0.25) is 0 Å². The average molecular weight is 170 g/mol. The van der Waals surface area contributed by atoms with E-state index in [4.69, 9.17) is 0 Å². The largest absolute Gasteiger partial charge is 0.322 e. The summed E-state index contributed by atoms with van der Waals surface area (Å²) in [5.41, 5.74) is 0.381. The molecular formula is C9H20NSi. The molecule has 2 heteroatoms. The molecule has 0 bridgehead atoms. The van der Waals surface area contributed by atoms with Gasteiger partial charge in [-0.15, -0.1) is 0 Å². The first-order valence-electron chi connectivity index (χ1n) is 4.65. The van der Waals surface area contributed by atoms with Crippen molar-refractivity contribution in [2.75, 3.05) is 6.54 Å². The van der Waals surface area contributed by atoms with Crippen molar-refractivity contribution in [2.24, 2.45) is 0 Å². The van der Waals surface area contributed by atoms with Gasteiger partial charge in [0.05, 0.1) is 0 Å². The molecule has 3 radical (unpaired) electrons. The van der Waals surface area contributed by atoms with Crippen molar-refractivity contribution in [1.82, 2.24) is 4.57 Å². The van der Waals surface area contributed by atoms with E-state index >= 15 is 0 Å². The highest BCUT2D eigenvalue weighted by Crippen LogP contribution is 2.25. The summed E-state index contributed by atoms with van der Waals surface area (Å²) in [6.07, 6.45) is 3.66. The van der Waals surface area contributed by atoms with E-state index in [0.29, 0.717) is 5.54 Å². The van der Waals surface area contributed by atoms with E-state index in [1.54, 1.807) is 0 Å². The molecule has 0 saturated carbocycles. The van der Waals surface area contributed by atoms with Crippen LogP contribution in [-0.2, 0) is 0 Å². The van der Waals surface area contributed by atoms with Gasteiger partial charge in [-0.25, -0.2) is 0 Å². The lowest BCUT2D eigenvalue weighted by Gasteiger charge is -2.39. The van der Waals surface area contributed by atoms with Gasteiger partial charge in [0.25, 0.3) is 0 Å². The van der Waals surface area contributed by atoms with E-state index in [0.717, 1.165) is 6.54 Å². The fourth-order valence-corrected chi connectivity index (χ4v) is 2.13. The number of nitrogens with zero attached hydrogens (tertiary/aromatic N) is 1. The van der Waals surface area contributed by atoms with Crippen molar-refractivity contribution in [2.45, 2.75) is 52.5 Å². The molecule has 0 aromatic carbocycles. The van der Waals surface area contributed by atoms with Gasteiger partial charge in [-0.1, -0.05) is 27.7 Å². The second-order valence-corrected chi connectivity index (χ2v) is 3.57. The van der Waals surface area contributed by atoms with Crippen LogP contribution in [0.1, 0.15) is 47.0 Å². The summed E-state index contributed by atoms with van der Waals surface area (Å²) in [5, 5.41) is 0. The summed E-state index contributed by atoms with van der Waals surface area (Å²) >= 11 is 0. The SMILES string of the molecule is CCN([Si])C(CC)(CC)CC. The van der Waals surface area contributed by atoms with Crippen molar-refractivity contribution >= 4 is 10.4 Å². The molecule has 11 heavy (non-hydrogen) atoms. The summed E-state index contributed by atoms with van der Waals surface area (Å²) in [5.74, 6) is 0. The Morgan fingerprint density at radius 2 is 1.36 bits per heavy atom. The molecule has 0 aliphatic carbocycles. The number of rotatable bonds is 5. The third kappa shape index (κ3) is 2.31. The van der Waals surface area contributed by atoms with Crippen molar-refractivity contribution in [3.8, 4) is 0 Å². The van der Waals surface area contributed by atoms with Crippen molar-refractivity contribution in [3.05, 3.63) is 0 Å². The number of hydrogen-bond acceptors (Lipinski definition) is 1. The summed E-state index contributed by atoms with van der Waals surface area (Å²) in [4.78, 5) is 0. The van der Waals surface area contributed by atoms with E-state index in [1.807, 2.05) is 0 Å². The molecule has 65 valence electrons. The minimum Gasteiger partial charge on any atom is -0.322 e. The Hall–Kier alpha value is 0.177. The smallest absolute Gasteiger partial charge is 0.144 e. The quantitative estimate of drug-likeness (QED) is 0.573. The summed E-state index contributed by atoms with van der Waals surface area (Å²) in [6.45, 7) is 10.0. The molecule has 0 saturated heterocycles. The third-order valence-corrected chi connectivity index (χ3v) is 3.65. The molecule has 0 aromatic heterocycles. The Morgan fingerprint density at radius 1 is 1.00 bits per heavy atom. The molecule has 0 aliphatic heterocycles. The van der Waals surface area contributed by atoms with Gasteiger partial charge < -0.3 is 4.57 Å². The van der Waals surface area contributed by atoms with Gasteiger partial charge in [0.1, 0.15) is 10.4 Å². The third-order valence-electron chi connectivity index (χ3n) is 2.86. The van der Waals surface area contributed by atoms with Crippen LogP contribution in [0.15, 0.2) is 0 Å². The molecule has 0 rings (SSSR count). The summed E-state index contributed by atoms with van der Waals surface area (Å²) in [7, 11) is 3.67. The standard InChI is InChI=1S/C9H20NSi/c1-5-9(6-2,7-3)10(11)8-4/h5-8H2,1-4H3. The first-order chi connectivity index (χ1) is 5.16. The normalized spacial score (nSPS) is 12.5. The second-order valence-electron chi connectivity index (χ2n) is 3.03. The number of hydrogen-bond donors (Lipinski definition) is 0. The molecule has 0 atom stereocenters. The first kappa shape index (κ1) is 11.2. The van der Waals surface area contributed by atoms with Crippen LogP contribution in [0.25, 0.3) is 0 Å². The molecule has 0 heterocycles. The van der Waals surface area contributed by atoms with Gasteiger partial charge in [-0.05, 0) is 25.8 Å². The van der Waals surface area contributed by atoms with Gasteiger partial charge in [-0.2, -0.15) is 0 Å². The van der Waals surface area contributed by atoms with Gasteiger partial charge >= 0.3 is 0 Å². The monoisotopic (exact) mass is 170 g/mol. The highest BCUT2D eigenvalue weighted by Gasteiger charge is 2.26. The van der Waals surface area contributed by atoms with Gasteiger partial charge in [0, 0.05) is 5.54 Å². The Kier molecular flexibility index (Phi) is 5.02.